The molecule has 1 nitrogen and oxygen atoms in total. The third-order valence-electron chi connectivity index (χ3n) is 1.84. The fourth-order valence-electron chi connectivity index (χ4n) is 1.23. The van der Waals surface area contributed by atoms with Gasteiger partial charge in [-0.3, -0.25) is 0 Å². The molecule has 0 bridgehead atoms. The summed E-state index contributed by atoms with van der Waals surface area (Å²) < 4.78 is 0. The molecule has 0 radical (unpaired) electrons. The minimum atomic E-state index is 1.10. The van der Waals surface area contributed by atoms with Gasteiger partial charge in [0.05, 0.1) is 10.7 Å². The van der Waals surface area contributed by atoms with Crippen LogP contribution in [0.2, 0.25) is 0 Å². The maximum absolute atomic E-state index is 4.57. The molecule has 11 heavy (non-hydrogen) atoms. The van der Waals surface area contributed by atoms with Crippen LogP contribution in [0.1, 0.15) is 22.5 Å². The van der Waals surface area contributed by atoms with E-state index in [-0.39, 0.29) is 0 Å². The van der Waals surface area contributed by atoms with Crippen molar-refractivity contribution in [3.63, 3.8) is 0 Å². The number of rotatable bonds is 1. The normalized spacial score (nSPS) is 16.5. The Bertz CT molecular complexity index is 231. The molecule has 0 N–H and O–H groups in total. The minimum Gasteiger partial charge on any atom is -0.245 e. The standard InChI is InChI=1S/C8H11NS2/c1-2-8-9-6-5-10-4-3-7(6)11-8/h2-5H2,1H3. The lowest BCUT2D eigenvalue weighted by Crippen LogP contribution is -1.98. The lowest BCUT2D eigenvalue weighted by atomic mass is 10.3. The van der Waals surface area contributed by atoms with Gasteiger partial charge < -0.3 is 0 Å². The van der Waals surface area contributed by atoms with E-state index in [9.17, 15) is 0 Å². The predicted molar refractivity (Wildman–Crippen MR) is 51.4 cm³/mol. The summed E-state index contributed by atoms with van der Waals surface area (Å²) >= 11 is 3.92. The van der Waals surface area contributed by atoms with Crippen LogP contribution in [0.3, 0.4) is 0 Å². The number of thiazole rings is 1. The Balaban J connectivity index is 2.32. The second-order valence-corrected chi connectivity index (χ2v) is 4.91. The first-order valence-electron chi connectivity index (χ1n) is 3.95. The van der Waals surface area contributed by atoms with Crippen molar-refractivity contribution in [1.29, 1.82) is 0 Å². The molecule has 1 aromatic heterocycles. The summed E-state index contributed by atoms with van der Waals surface area (Å²) in [6, 6.07) is 0. The number of hydrogen-bond acceptors (Lipinski definition) is 3. The molecule has 3 heteroatoms. The van der Waals surface area contributed by atoms with Crippen LogP contribution in [-0.2, 0) is 18.6 Å². The average Bonchev–Trinajstić information content (AvgIpc) is 2.46. The first kappa shape index (κ1) is 7.62. The van der Waals surface area contributed by atoms with E-state index in [1.165, 1.54) is 22.9 Å². The first-order valence-corrected chi connectivity index (χ1v) is 5.92. The molecular formula is C8H11NS2. The zero-order valence-electron chi connectivity index (χ0n) is 6.59. The summed E-state index contributed by atoms with van der Waals surface area (Å²) in [7, 11) is 0. The molecule has 0 aromatic carbocycles. The molecule has 2 rings (SSSR count). The van der Waals surface area contributed by atoms with Crippen molar-refractivity contribution in [2.45, 2.75) is 25.5 Å². The third kappa shape index (κ3) is 1.44. The Morgan fingerprint density at radius 3 is 3.18 bits per heavy atom. The molecule has 0 fully saturated rings. The molecule has 1 aliphatic rings. The van der Waals surface area contributed by atoms with E-state index >= 15 is 0 Å². The number of aromatic nitrogens is 1. The molecular weight excluding hydrogens is 174 g/mol. The molecule has 0 saturated heterocycles. The van der Waals surface area contributed by atoms with Gasteiger partial charge in [0, 0.05) is 10.6 Å². The Morgan fingerprint density at radius 2 is 2.45 bits per heavy atom. The quantitative estimate of drug-likeness (QED) is 0.666. The molecule has 1 aromatic rings. The van der Waals surface area contributed by atoms with Crippen LogP contribution in [-0.4, -0.2) is 10.7 Å². The van der Waals surface area contributed by atoms with Gasteiger partial charge in [0.1, 0.15) is 0 Å². The second-order valence-electron chi connectivity index (χ2n) is 2.63. The molecule has 0 atom stereocenters. The highest BCUT2D eigenvalue weighted by Crippen LogP contribution is 2.28. The van der Waals surface area contributed by atoms with Crippen molar-refractivity contribution in [2.75, 3.05) is 5.75 Å². The van der Waals surface area contributed by atoms with Crippen LogP contribution < -0.4 is 0 Å². The van der Waals surface area contributed by atoms with E-state index in [2.05, 4.69) is 11.9 Å². The highest BCUT2D eigenvalue weighted by Gasteiger charge is 2.13. The summed E-state index contributed by atoms with van der Waals surface area (Å²) in [6.07, 6.45) is 2.35. The lowest BCUT2D eigenvalue weighted by Gasteiger charge is -2.06. The van der Waals surface area contributed by atoms with Crippen LogP contribution >= 0.6 is 23.1 Å². The molecule has 0 aliphatic carbocycles. The van der Waals surface area contributed by atoms with Crippen LogP contribution in [0, 0.1) is 0 Å². The molecule has 0 amide bonds. The molecule has 1 aliphatic heterocycles. The molecule has 0 unspecified atom stereocenters. The monoisotopic (exact) mass is 185 g/mol. The van der Waals surface area contributed by atoms with E-state index in [1.807, 2.05) is 23.1 Å². The van der Waals surface area contributed by atoms with Gasteiger partial charge in [-0.25, -0.2) is 4.98 Å². The Morgan fingerprint density at radius 1 is 1.55 bits per heavy atom. The van der Waals surface area contributed by atoms with Crippen molar-refractivity contribution < 1.29 is 0 Å². The van der Waals surface area contributed by atoms with Gasteiger partial charge in [-0.2, -0.15) is 11.8 Å². The summed E-state index contributed by atoms with van der Waals surface area (Å²) in [4.78, 5) is 6.11. The Labute approximate surface area is 75.2 Å². The fourth-order valence-corrected chi connectivity index (χ4v) is 3.40. The van der Waals surface area contributed by atoms with Crippen molar-refractivity contribution in [3.05, 3.63) is 15.6 Å². The molecule has 0 saturated carbocycles. The third-order valence-corrected chi connectivity index (χ3v) is 4.11. The van der Waals surface area contributed by atoms with Crippen molar-refractivity contribution in [3.8, 4) is 0 Å². The van der Waals surface area contributed by atoms with Crippen LogP contribution in [0.25, 0.3) is 0 Å². The van der Waals surface area contributed by atoms with Gasteiger partial charge in [-0.1, -0.05) is 6.92 Å². The summed E-state index contributed by atoms with van der Waals surface area (Å²) in [5.74, 6) is 2.43. The van der Waals surface area contributed by atoms with Gasteiger partial charge >= 0.3 is 0 Å². The fraction of sp³-hybridized carbons (Fsp3) is 0.625. The first-order chi connectivity index (χ1) is 5.40. The molecule has 0 spiro atoms. The second kappa shape index (κ2) is 3.15. The lowest BCUT2D eigenvalue weighted by molar-refractivity contribution is 1.02. The number of thioether (sulfide) groups is 1. The van der Waals surface area contributed by atoms with Gasteiger partial charge in [0.25, 0.3) is 0 Å². The minimum absolute atomic E-state index is 1.10. The van der Waals surface area contributed by atoms with E-state index in [1.54, 1.807) is 4.88 Å². The number of aryl methyl sites for hydroxylation is 2. The molecule has 2 heterocycles. The van der Waals surface area contributed by atoms with E-state index in [0.717, 1.165) is 12.2 Å². The number of fused-ring (bicyclic) bond motifs is 1. The topological polar surface area (TPSA) is 12.9 Å². The van der Waals surface area contributed by atoms with Crippen molar-refractivity contribution >= 4 is 23.1 Å². The summed E-state index contributed by atoms with van der Waals surface area (Å²) in [5, 5.41) is 1.32. The van der Waals surface area contributed by atoms with Crippen LogP contribution in [0.5, 0.6) is 0 Å². The number of hydrogen-bond donors (Lipinski definition) is 0. The molecule has 60 valence electrons. The zero-order chi connectivity index (χ0) is 7.68. The van der Waals surface area contributed by atoms with E-state index in [0.29, 0.717) is 0 Å². The largest absolute Gasteiger partial charge is 0.245 e. The maximum atomic E-state index is 4.57. The van der Waals surface area contributed by atoms with Gasteiger partial charge in [0.2, 0.25) is 0 Å². The van der Waals surface area contributed by atoms with Crippen LogP contribution in [0.15, 0.2) is 0 Å². The highest BCUT2D eigenvalue weighted by atomic mass is 32.2. The van der Waals surface area contributed by atoms with E-state index in [4.69, 9.17) is 0 Å². The Kier molecular flexibility index (Phi) is 2.18. The summed E-state index contributed by atoms with van der Waals surface area (Å²) in [5.41, 5.74) is 1.36. The SMILES string of the molecule is CCc1nc2c(s1)CCSC2. The van der Waals surface area contributed by atoms with Gasteiger partial charge in [-0.05, 0) is 18.6 Å². The predicted octanol–water partition coefficient (Wildman–Crippen LogP) is 2.49. The highest BCUT2D eigenvalue weighted by molar-refractivity contribution is 7.98. The zero-order valence-corrected chi connectivity index (χ0v) is 8.23. The van der Waals surface area contributed by atoms with E-state index < -0.39 is 0 Å². The van der Waals surface area contributed by atoms with Crippen LogP contribution in [0.4, 0.5) is 0 Å². The maximum Gasteiger partial charge on any atom is 0.0928 e. The summed E-state index contributed by atoms with van der Waals surface area (Å²) in [6.45, 7) is 2.18. The Hall–Kier alpha value is -0.0200. The van der Waals surface area contributed by atoms with Crippen molar-refractivity contribution in [1.82, 2.24) is 4.98 Å². The van der Waals surface area contributed by atoms with Gasteiger partial charge in [0.15, 0.2) is 0 Å². The number of nitrogens with zero attached hydrogens (tertiary/aromatic N) is 1. The van der Waals surface area contributed by atoms with Gasteiger partial charge in [-0.15, -0.1) is 11.3 Å². The smallest absolute Gasteiger partial charge is 0.0928 e. The average molecular weight is 185 g/mol. The van der Waals surface area contributed by atoms with Crippen molar-refractivity contribution in [2.24, 2.45) is 0 Å².